The molecule has 0 saturated carbocycles. The molecule has 1 atom stereocenters. The van der Waals surface area contributed by atoms with Gasteiger partial charge >= 0.3 is 0 Å². The molecular weight excluding hydrogens is 434 g/mol. The number of hydrogen-bond donors (Lipinski definition) is 1. The summed E-state index contributed by atoms with van der Waals surface area (Å²) in [6.45, 7) is 0.470. The molecule has 5 heteroatoms. The Hall–Kier alpha value is -3.21. The van der Waals surface area contributed by atoms with E-state index in [2.05, 4.69) is 24.3 Å². The maximum absolute atomic E-state index is 13.4. The number of halogens is 1. The van der Waals surface area contributed by atoms with E-state index < -0.39 is 11.5 Å². The topological polar surface area (TPSA) is 57.6 Å². The van der Waals surface area contributed by atoms with Crippen LogP contribution >= 0.6 is 11.6 Å². The number of rotatable bonds is 7. The second-order valence-corrected chi connectivity index (χ2v) is 9.02. The summed E-state index contributed by atoms with van der Waals surface area (Å²) in [5, 5.41) is 11.8. The number of aliphatic hydroxyl groups is 1. The van der Waals surface area contributed by atoms with Gasteiger partial charge in [-0.1, -0.05) is 72.3 Å². The third kappa shape index (κ3) is 3.79. The second kappa shape index (κ2) is 8.62. The number of carbonyl (C=O) groups is 2. The van der Waals surface area contributed by atoms with Crippen molar-refractivity contribution < 1.29 is 14.7 Å². The van der Waals surface area contributed by atoms with Crippen LogP contribution in [0.15, 0.2) is 78.9 Å². The van der Waals surface area contributed by atoms with Gasteiger partial charge in [0, 0.05) is 17.7 Å². The lowest BCUT2D eigenvalue weighted by molar-refractivity contribution is -0.135. The number of fused-ring (bicyclic) bond motifs is 2. The van der Waals surface area contributed by atoms with Crippen molar-refractivity contribution >= 4 is 34.6 Å². The number of benzene rings is 3. The number of para-hydroxylation sites is 1. The quantitative estimate of drug-likeness (QED) is 0.472. The van der Waals surface area contributed by atoms with Crippen LogP contribution in [0.25, 0.3) is 5.57 Å². The molecule has 0 unspecified atom stereocenters. The van der Waals surface area contributed by atoms with Gasteiger partial charge in [0.2, 0.25) is 0 Å². The fourth-order valence-corrected chi connectivity index (χ4v) is 5.17. The number of hydrogen-bond acceptors (Lipinski definition) is 3. The van der Waals surface area contributed by atoms with Crippen LogP contribution < -0.4 is 4.90 Å². The van der Waals surface area contributed by atoms with E-state index in [1.807, 2.05) is 18.2 Å². The van der Waals surface area contributed by atoms with Crippen LogP contribution in [0.4, 0.5) is 5.69 Å². The van der Waals surface area contributed by atoms with E-state index >= 15 is 0 Å². The largest absolute Gasteiger partial charge is 0.375 e. The molecule has 0 fully saturated rings. The van der Waals surface area contributed by atoms with Gasteiger partial charge in [0.25, 0.3) is 5.91 Å². The minimum atomic E-state index is -1.90. The average Bonchev–Trinajstić information content (AvgIpc) is 3.32. The van der Waals surface area contributed by atoms with Gasteiger partial charge in [0.15, 0.2) is 11.4 Å². The zero-order valence-corrected chi connectivity index (χ0v) is 18.9. The maximum Gasteiger partial charge on any atom is 0.264 e. The van der Waals surface area contributed by atoms with Crippen LogP contribution in [0, 0.1) is 0 Å². The summed E-state index contributed by atoms with van der Waals surface area (Å²) < 4.78 is 0. The van der Waals surface area contributed by atoms with Crippen LogP contribution in [0.2, 0.25) is 5.02 Å². The van der Waals surface area contributed by atoms with Crippen LogP contribution in [0.5, 0.6) is 0 Å². The number of carbonyl (C=O) groups excluding carboxylic acids is 2. The summed E-state index contributed by atoms with van der Waals surface area (Å²) in [5.74, 6) is -0.814. The van der Waals surface area contributed by atoms with Crippen molar-refractivity contribution in [2.75, 3.05) is 11.4 Å². The molecule has 166 valence electrons. The van der Waals surface area contributed by atoms with Crippen molar-refractivity contribution in [1.82, 2.24) is 0 Å². The Balaban J connectivity index is 1.34. The number of amides is 1. The summed E-state index contributed by atoms with van der Waals surface area (Å²) in [7, 11) is 0. The number of allylic oxidation sites excluding steroid dienone is 2. The first-order chi connectivity index (χ1) is 16.0. The Morgan fingerprint density at radius 2 is 1.73 bits per heavy atom. The zero-order chi connectivity index (χ0) is 23.0. The number of ketones is 1. The van der Waals surface area contributed by atoms with Crippen molar-refractivity contribution in [2.45, 2.75) is 31.3 Å². The zero-order valence-electron chi connectivity index (χ0n) is 18.1. The van der Waals surface area contributed by atoms with Gasteiger partial charge in [-0.2, -0.15) is 0 Å². The van der Waals surface area contributed by atoms with Crippen molar-refractivity contribution in [3.05, 3.63) is 106 Å². The fourth-order valence-electron chi connectivity index (χ4n) is 4.93. The lowest BCUT2D eigenvalue weighted by Crippen LogP contribution is -2.42. The number of nitrogens with zero attached hydrogens (tertiary/aromatic N) is 1. The van der Waals surface area contributed by atoms with Gasteiger partial charge in [0.05, 0.1) is 17.1 Å². The lowest BCUT2D eigenvalue weighted by Gasteiger charge is -2.23. The molecule has 3 aromatic carbocycles. The highest BCUT2D eigenvalue weighted by Gasteiger charge is 2.50. The number of anilines is 1. The van der Waals surface area contributed by atoms with Gasteiger partial charge in [-0.15, -0.1) is 0 Å². The normalized spacial score (nSPS) is 18.8. The minimum absolute atomic E-state index is 0.308. The molecule has 5 rings (SSSR count). The second-order valence-electron chi connectivity index (χ2n) is 8.61. The van der Waals surface area contributed by atoms with Gasteiger partial charge in [-0.05, 0) is 54.2 Å². The molecule has 0 bridgehead atoms. The predicted octanol–water partition coefficient (Wildman–Crippen LogP) is 5.57. The molecule has 2 aliphatic rings. The highest BCUT2D eigenvalue weighted by molar-refractivity contribution is 6.34. The third-order valence-electron chi connectivity index (χ3n) is 6.59. The van der Waals surface area contributed by atoms with E-state index in [9.17, 15) is 14.7 Å². The number of Topliss-reactive ketones (excluding diaryl/α,β-unsaturated/α-hetero) is 1. The molecular formula is C28H24ClNO3. The molecule has 1 aliphatic heterocycles. The molecule has 1 aliphatic carbocycles. The maximum atomic E-state index is 13.4. The molecule has 1 heterocycles. The van der Waals surface area contributed by atoms with Gasteiger partial charge in [0.1, 0.15) is 0 Å². The van der Waals surface area contributed by atoms with Gasteiger partial charge in [-0.25, -0.2) is 0 Å². The van der Waals surface area contributed by atoms with E-state index in [0.29, 0.717) is 28.4 Å². The van der Waals surface area contributed by atoms with E-state index in [-0.39, 0.29) is 12.2 Å². The molecule has 33 heavy (non-hydrogen) atoms. The van der Waals surface area contributed by atoms with Crippen molar-refractivity contribution in [2.24, 2.45) is 0 Å². The highest BCUT2D eigenvalue weighted by Crippen LogP contribution is 2.43. The van der Waals surface area contributed by atoms with E-state index in [1.165, 1.54) is 16.7 Å². The Morgan fingerprint density at radius 3 is 2.58 bits per heavy atom. The average molecular weight is 458 g/mol. The summed E-state index contributed by atoms with van der Waals surface area (Å²) in [6, 6.07) is 22.3. The predicted molar refractivity (Wildman–Crippen MR) is 130 cm³/mol. The first-order valence-corrected chi connectivity index (χ1v) is 11.6. The molecule has 0 aromatic heterocycles. The molecule has 1 amide bonds. The van der Waals surface area contributed by atoms with Gasteiger partial charge in [-0.3, -0.25) is 9.59 Å². The summed E-state index contributed by atoms with van der Waals surface area (Å²) in [6.07, 6.45) is 4.46. The van der Waals surface area contributed by atoms with E-state index in [1.54, 1.807) is 41.3 Å². The van der Waals surface area contributed by atoms with Crippen molar-refractivity contribution in [3.63, 3.8) is 0 Å². The molecule has 4 nitrogen and oxygen atoms in total. The fraction of sp³-hybridized carbons (Fsp3) is 0.214. The lowest BCUT2D eigenvalue weighted by atomic mass is 9.88. The Bertz CT molecular complexity index is 1280. The van der Waals surface area contributed by atoms with Crippen molar-refractivity contribution in [1.29, 1.82) is 0 Å². The first-order valence-electron chi connectivity index (χ1n) is 11.2. The van der Waals surface area contributed by atoms with Crippen LogP contribution in [-0.4, -0.2) is 23.3 Å². The molecule has 3 aromatic rings. The smallest absolute Gasteiger partial charge is 0.264 e. The standard InChI is InChI=1S/C28H24ClNO3/c29-24-13-5-3-11-22(24)26(31)18-28(33)23-12-4-6-14-25(23)30(27(28)32)17-7-9-20-16-15-19-8-1-2-10-21(19)20/h1-6,8,10-14,16,33H,7,9,15,17-18H2/t28-/m1/s1. The molecule has 0 spiro atoms. The van der Waals surface area contributed by atoms with E-state index in [4.69, 9.17) is 11.6 Å². The van der Waals surface area contributed by atoms with Crippen LogP contribution in [0.1, 0.15) is 46.3 Å². The first kappa shape index (κ1) is 21.6. The highest BCUT2D eigenvalue weighted by atomic mass is 35.5. The van der Waals surface area contributed by atoms with Crippen LogP contribution in [0.3, 0.4) is 0 Å². The summed E-state index contributed by atoms with van der Waals surface area (Å²) >= 11 is 6.18. The van der Waals surface area contributed by atoms with Gasteiger partial charge < -0.3 is 10.0 Å². The SMILES string of the molecule is O=C(C[C@]1(O)C(=O)N(CCCC2=CCc3ccccc32)c2ccccc21)c1ccccc1Cl. The molecule has 0 saturated heterocycles. The minimum Gasteiger partial charge on any atom is -0.375 e. The van der Waals surface area contributed by atoms with E-state index in [0.717, 1.165) is 19.3 Å². The Kier molecular flexibility index (Phi) is 5.65. The summed E-state index contributed by atoms with van der Waals surface area (Å²) in [4.78, 5) is 28.0. The Labute approximate surface area is 198 Å². The van der Waals surface area contributed by atoms with Crippen LogP contribution in [-0.2, 0) is 16.8 Å². The monoisotopic (exact) mass is 457 g/mol. The third-order valence-corrected chi connectivity index (χ3v) is 6.92. The Morgan fingerprint density at radius 1 is 1.00 bits per heavy atom. The molecule has 0 radical (unpaired) electrons. The summed E-state index contributed by atoms with van der Waals surface area (Å²) in [5.41, 5.74) is 3.47. The van der Waals surface area contributed by atoms with Crippen molar-refractivity contribution in [3.8, 4) is 0 Å². The molecule has 1 N–H and O–H groups in total.